The number of hydrogen-bond donors (Lipinski definition) is 1. The van der Waals surface area contributed by atoms with E-state index in [4.69, 9.17) is 22.6 Å². The van der Waals surface area contributed by atoms with Crippen molar-refractivity contribution in [2.75, 3.05) is 7.11 Å². The quantitative estimate of drug-likeness (QED) is 0.553. The van der Waals surface area contributed by atoms with Crippen LogP contribution in [0.5, 0.6) is 17.2 Å². The Hall–Kier alpha value is -3.20. The van der Waals surface area contributed by atoms with Crippen LogP contribution >= 0.6 is 0 Å². The zero-order chi connectivity index (χ0) is 22.1. The van der Waals surface area contributed by atoms with Crippen LogP contribution in [0, 0.1) is 6.92 Å². The molecule has 0 aliphatic carbocycles. The van der Waals surface area contributed by atoms with Crippen LogP contribution in [-0.2, 0) is 16.3 Å². The van der Waals surface area contributed by atoms with Gasteiger partial charge in [0.15, 0.2) is 0 Å². The van der Waals surface area contributed by atoms with E-state index >= 15 is 0 Å². The van der Waals surface area contributed by atoms with Gasteiger partial charge < -0.3 is 19.2 Å². The minimum absolute atomic E-state index is 0.0781. The Balaban J connectivity index is 0.00000101. The molecule has 8 nitrogen and oxygen atoms in total. The number of hydrogen-bond acceptors (Lipinski definition) is 7. The van der Waals surface area contributed by atoms with Crippen LogP contribution in [0.3, 0.4) is 0 Å². The molecule has 0 saturated heterocycles. The van der Waals surface area contributed by atoms with E-state index in [1.807, 2.05) is 31.2 Å². The summed E-state index contributed by atoms with van der Waals surface area (Å²) < 4.78 is 33.5. The smallest absolute Gasteiger partial charge is 0.354 e. The summed E-state index contributed by atoms with van der Waals surface area (Å²) >= 11 is -0.750. The van der Waals surface area contributed by atoms with E-state index < -0.39 is 17.5 Å². The number of nitrogens with one attached hydrogen (secondary N) is 1. The van der Waals surface area contributed by atoms with Gasteiger partial charge in [-0.2, -0.15) is 8.42 Å². The highest BCUT2D eigenvalue weighted by Gasteiger charge is 2.17. The molecule has 0 aliphatic heterocycles. The van der Waals surface area contributed by atoms with Gasteiger partial charge in [0.2, 0.25) is 0 Å². The molecule has 0 spiro atoms. The highest BCUT2D eigenvalue weighted by Crippen LogP contribution is 2.35. The molecular weight excluding hydrogens is 408 g/mol. The highest BCUT2D eigenvalue weighted by atomic mass is 32.1. The van der Waals surface area contributed by atoms with Gasteiger partial charge in [0.05, 0.1) is 24.9 Å². The third-order valence-corrected chi connectivity index (χ3v) is 4.40. The van der Waals surface area contributed by atoms with Crippen molar-refractivity contribution in [1.82, 2.24) is 9.97 Å². The van der Waals surface area contributed by atoms with Crippen LogP contribution in [0.25, 0.3) is 10.9 Å². The van der Waals surface area contributed by atoms with E-state index in [0.717, 1.165) is 29.4 Å². The third kappa shape index (κ3) is 5.90. The number of aromatic nitrogens is 2. The monoisotopic (exact) mass is 432 g/mol. The van der Waals surface area contributed by atoms with Crippen molar-refractivity contribution in [3.05, 3.63) is 47.9 Å². The van der Waals surface area contributed by atoms with Crippen molar-refractivity contribution in [2.24, 2.45) is 0 Å². The number of benzene rings is 1. The average Bonchev–Trinajstić information content (AvgIpc) is 3.18. The molecule has 0 unspecified atom stereocenters. The van der Waals surface area contributed by atoms with E-state index in [9.17, 15) is 4.79 Å². The first-order valence-electron chi connectivity index (χ1n) is 9.39. The summed E-state index contributed by atoms with van der Waals surface area (Å²) in [7, 11) is 1.36. The number of ether oxygens (including phenoxy) is 3. The van der Waals surface area contributed by atoms with Crippen molar-refractivity contribution < 1.29 is 27.4 Å². The van der Waals surface area contributed by atoms with Crippen molar-refractivity contribution in [3.8, 4) is 17.2 Å². The van der Waals surface area contributed by atoms with Crippen LogP contribution in [0.15, 0.2) is 36.5 Å². The molecule has 0 fully saturated rings. The first kappa shape index (κ1) is 23.1. The van der Waals surface area contributed by atoms with Crippen LogP contribution in [-0.4, -0.2) is 37.6 Å². The van der Waals surface area contributed by atoms with Crippen LogP contribution < -0.4 is 9.47 Å². The summed E-state index contributed by atoms with van der Waals surface area (Å²) in [5, 5.41) is 0.814. The molecule has 1 aromatic carbocycles. The molecule has 0 atom stereocenters. The van der Waals surface area contributed by atoms with Gasteiger partial charge in [-0.05, 0) is 44.0 Å². The van der Waals surface area contributed by atoms with E-state index in [1.165, 1.54) is 7.11 Å². The number of fused-ring (bicyclic) bond motifs is 1. The minimum atomic E-state index is -0.750. The maximum atomic E-state index is 11.9. The zero-order valence-electron chi connectivity index (χ0n) is 17.3. The number of esters is 1. The highest BCUT2D eigenvalue weighted by molar-refractivity contribution is 7.51. The van der Waals surface area contributed by atoms with E-state index in [-0.39, 0.29) is 6.10 Å². The predicted octanol–water partition coefficient (Wildman–Crippen LogP) is 4.35. The average molecular weight is 432 g/mol. The molecule has 0 radical (unpaired) electrons. The molecule has 2 heterocycles. The molecule has 0 saturated carbocycles. The summed E-state index contributed by atoms with van der Waals surface area (Å²) in [6.07, 6.45) is 3.53. The SMILES string of the molecule is CCC(CC)Oc1cc(Oc2ccc(C)nc2)cc2cc(C(=O)OC)[nH]c12.O=S=O. The predicted molar refractivity (Wildman–Crippen MR) is 113 cm³/mol. The maximum Gasteiger partial charge on any atom is 0.354 e. The van der Waals surface area contributed by atoms with Gasteiger partial charge in [-0.3, -0.25) is 4.98 Å². The molecule has 2 aromatic heterocycles. The molecule has 0 amide bonds. The molecule has 3 aromatic rings. The normalized spacial score (nSPS) is 10.3. The number of H-pyrrole nitrogens is 1. The Kier molecular flexibility index (Phi) is 8.54. The Bertz CT molecular complexity index is 1020. The summed E-state index contributed by atoms with van der Waals surface area (Å²) in [6.45, 7) is 6.09. The van der Waals surface area contributed by atoms with Crippen LogP contribution in [0.2, 0.25) is 0 Å². The summed E-state index contributed by atoms with van der Waals surface area (Å²) in [6, 6.07) is 9.18. The fourth-order valence-electron chi connectivity index (χ4n) is 2.84. The number of methoxy groups -OCH3 is 1. The standard InChI is InChI=1S/C21H24N2O4.O2S/c1-5-15(6-2)27-19-11-17(26-16-8-7-13(3)22-12-16)9-14-10-18(21(24)25-4)23-20(14)19;1-3-2/h7-12,15,23H,5-6H2,1-4H3;. The summed E-state index contributed by atoms with van der Waals surface area (Å²) in [5.74, 6) is 1.47. The first-order valence-corrected chi connectivity index (χ1v) is 10.1. The summed E-state index contributed by atoms with van der Waals surface area (Å²) in [5.41, 5.74) is 2.04. The fourth-order valence-corrected chi connectivity index (χ4v) is 2.84. The largest absolute Gasteiger partial charge is 0.488 e. The lowest BCUT2D eigenvalue weighted by atomic mass is 10.2. The van der Waals surface area contributed by atoms with Crippen molar-refractivity contribution in [1.29, 1.82) is 0 Å². The Labute approximate surface area is 178 Å². The van der Waals surface area contributed by atoms with E-state index in [2.05, 4.69) is 23.8 Å². The Morgan fingerprint density at radius 1 is 1.13 bits per heavy atom. The van der Waals surface area contributed by atoms with Crippen LogP contribution in [0.1, 0.15) is 42.9 Å². The zero-order valence-corrected chi connectivity index (χ0v) is 18.1. The number of aromatic amines is 1. The summed E-state index contributed by atoms with van der Waals surface area (Å²) in [4.78, 5) is 19.3. The Morgan fingerprint density at radius 2 is 1.83 bits per heavy atom. The van der Waals surface area contributed by atoms with E-state index in [1.54, 1.807) is 12.3 Å². The second-order valence-electron chi connectivity index (χ2n) is 6.42. The maximum absolute atomic E-state index is 11.9. The molecule has 0 aliphatic rings. The second kappa shape index (κ2) is 11.1. The number of rotatable bonds is 7. The van der Waals surface area contributed by atoms with Crippen molar-refractivity contribution in [2.45, 2.75) is 39.7 Å². The topological polar surface area (TPSA) is 108 Å². The van der Waals surface area contributed by atoms with Gasteiger partial charge in [-0.1, -0.05) is 13.8 Å². The molecule has 9 heteroatoms. The van der Waals surface area contributed by atoms with Gasteiger partial charge >= 0.3 is 17.5 Å². The molecule has 30 heavy (non-hydrogen) atoms. The fraction of sp³-hybridized carbons (Fsp3) is 0.333. The molecule has 1 N–H and O–H groups in total. The van der Waals surface area contributed by atoms with Crippen molar-refractivity contribution in [3.63, 3.8) is 0 Å². The van der Waals surface area contributed by atoms with Gasteiger partial charge in [0.25, 0.3) is 0 Å². The lowest BCUT2D eigenvalue weighted by Crippen LogP contribution is -2.14. The number of carbonyl (C=O) groups is 1. The lowest BCUT2D eigenvalue weighted by molar-refractivity contribution is 0.0595. The Morgan fingerprint density at radius 3 is 2.40 bits per heavy atom. The molecular formula is C21H24N2O6S. The number of aryl methyl sites for hydroxylation is 1. The van der Waals surface area contributed by atoms with Gasteiger partial charge in [0, 0.05) is 17.1 Å². The second-order valence-corrected chi connectivity index (χ2v) is 6.56. The lowest BCUT2D eigenvalue weighted by Gasteiger charge is -2.17. The molecule has 0 bridgehead atoms. The van der Waals surface area contributed by atoms with E-state index in [0.29, 0.717) is 22.9 Å². The molecule has 160 valence electrons. The van der Waals surface area contributed by atoms with Gasteiger partial charge in [-0.15, -0.1) is 0 Å². The van der Waals surface area contributed by atoms with Gasteiger partial charge in [-0.25, -0.2) is 4.79 Å². The number of carbonyl (C=O) groups excluding carboxylic acids is 1. The molecule has 3 rings (SSSR count). The van der Waals surface area contributed by atoms with Gasteiger partial charge in [0.1, 0.15) is 22.9 Å². The third-order valence-electron chi connectivity index (χ3n) is 4.40. The first-order chi connectivity index (χ1) is 14.4. The number of nitrogens with zero attached hydrogens (tertiary/aromatic N) is 1. The number of pyridine rings is 1. The van der Waals surface area contributed by atoms with Crippen LogP contribution in [0.4, 0.5) is 0 Å². The minimum Gasteiger partial charge on any atom is -0.488 e. The van der Waals surface area contributed by atoms with Crippen molar-refractivity contribution >= 4 is 28.4 Å².